The fourth-order valence-corrected chi connectivity index (χ4v) is 5.67. The molecule has 0 aliphatic heterocycles. The first-order chi connectivity index (χ1) is 18.1. The van der Waals surface area contributed by atoms with Crippen LogP contribution in [0.25, 0.3) is 22.3 Å². The van der Waals surface area contributed by atoms with Gasteiger partial charge in [0.15, 0.2) is 0 Å². The van der Waals surface area contributed by atoms with Crippen molar-refractivity contribution in [2.45, 2.75) is 40.0 Å². The molecular formula is C36H37N. The molecule has 4 aromatic carbocycles. The van der Waals surface area contributed by atoms with Crippen molar-refractivity contribution >= 4 is 11.4 Å². The van der Waals surface area contributed by atoms with Crippen LogP contribution in [0.3, 0.4) is 0 Å². The summed E-state index contributed by atoms with van der Waals surface area (Å²) >= 11 is 0. The molecule has 1 saturated carbocycles. The minimum atomic E-state index is 0.264. The molecule has 5 rings (SSSR count). The van der Waals surface area contributed by atoms with Gasteiger partial charge < -0.3 is 4.90 Å². The molecule has 4 aromatic rings. The van der Waals surface area contributed by atoms with Crippen LogP contribution in [-0.2, 0) is 0 Å². The van der Waals surface area contributed by atoms with Crippen molar-refractivity contribution in [1.29, 1.82) is 0 Å². The fraction of sp³-hybridized carbons (Fsp3) is 0.222. The van der Waals surface area contributed by atoms with Crippen molar-refractivity contribution in [3.8, 4) is 22.3 Å². The number of anilines is 2. The largest absolute Gasteiger partial charge is 0.314 e. The van der Waals surface area contributed by atoms with Crippen LogP contribution in [-0.4, -0.2) is 0 Å². The van der Waals surface area contributed by atoms with Gasteiger partial charge in [0, 0.05) is 17.1 Å². The lowest BCUT2D eigenvalue weighted by Gasteiger charge is -2.29. The van der Waals surface area contributed by atoms with Gasteiger partial charge in [-0.05, 0) is 88.8 Å². The SMILES string of the molecule is C=C(/C=C(\CC)N(c1ccc(-c2ccccc2)cc1)c1ccc(-c2ccccc2)cc1)C1(CC)C[C@H]1C. The van der Waals surface area contributed by atoms with Crippen LogP contribution in [0, 0.1) is 11.3 Å². The summed E-state index contributed by atoms with van der Waals surface area (Å²) in [5, 5.41) is 0. The topological polar surface area (TPSA) is 3.24 Å². The van der Waals surface area contributed by atoms with Crippen LogP contribution >= 0.6 is 0 Å². The van der Waals surface area contributed by atoms with E-state index in [2.05, 4.69) is 148 Å². The van der Waals surface area contributed by atoms with Crippen molar-refractivity contribution in [3.63, 3.8) is 0 Å². The molecule has 37 heavy (non-hydrogen) atoms. The second kappa shape index (κ2) is 10.6. The smallest absolute Gasteiger partial charge is 0.0458 e. The second-order valence-corrected chi connectivity index (χ2v) is 10.3. The molecule has 0 amide bonds. The molecule has 186 valence electrons. The first-order valence-corrected chi connectivity index (χ1v) is 13.6. The molecule has 1 aliphatic carbocycles. The van der Waals surface area contributed by atoms with Crippen molar-refractivity contribution in [1.82, 2.24) is 0 Å². The minimum Gasteiger partial charge on any atom is -0.314 e. The van der Waals surface area contributed by atoms with E-state index in [1.54, 1.807) is 0 Å². The Labute approximate surface area is 222 Å². The van der Waals surface area contributed by atoms with Crippen molar-refractivity contribution in [2.24, 2.45) is 11.3 Å². The Morgan fingerprint density at radius 2 is 1.14 bits per heavy atom. The molecular weight excluding hydrogens is 446 g/mol. The van der Waals surface area contributed by atoms with Crippen LogP contribution in [0.2, 0.25) is 0 Å². The number of benzene rings is 4. The quantitative estimate of drug-likeness (QED) is 0.214. The highest BCUT2D eigenvalue weighted by molar-refractivity contribution is 5.75. The Balaban J connectivity index is 1.54. The number of hydrogen-bond acceptors (Lipinski definition) is 1. The van der Waals surface area contributed by atoms with E-state index in [1.165, 1.54) is 51.3 Å². The molecule has 0 heterocycles. The highest BCUT2D eigenvalue weighted by Gasteiger charge is 2.50. The molecule has 1 heteroatoms. The van der Waals surface area contributed by atoms with E-state index in [1.807, 2.05) is 0 Å². The van der Waals surface area contributed by atoms with Gasteiger partial charge in [0.1, 0.15) is 0 Å². The number of hydrogen-bond donors (Lipinski definition) is 0. The molecule has 0 spiro atoms. The third-order valence-corrected chi connectivity index (χ3v) is 8.18. The molecule has 1 fully saturated rings. The maximum Gasteiger partial charge on any atom is 0.0458 e. The normalized spacial score (nSPS) is 18.9. The van der Waals surface area contributed by atoms with E-state index in [9.17, 15) is 0 Å². The monoisotopic (exact) mass is 483 g/mol. The van der Waals surface area contributed by atoms with Crippen LogP contribution in [0.1, 0.15) is 40.0 Å². The van der Waals surface area contributed by atoms with Crippen LogP contribution < -0.4 is 4.90 Å². The minimum absolute atomic E-state index is 0.264. The zero-order valence-corrected chi connectivity index (χ0v) is 22.3. The summed E-state index contributed by atoms with van der Waals surface area (Å²) in [6.07, 6.45) is 5.68. The van der Waals surface area contributed by atoms with E-state index in [4.69, 9.17) is 0 Å². The summed E-state index contributed by atoms with van der Waals surface area (Å²) in [7, 11) is 0. The molecule has 1 nitrogen and oxygen atoms in total. The fourth-order valence-electron chi connectivity index (χ4n) is 5.67. The van der Waals surface area contributed by atoms with Crippen molar-refractivity contribution in [3.05, 3.63) is 133 Å². The third kappa shape index (κ3) is 5.04. The van der Waals surface area contributed by atoms with Crippen LogP contribution in [0.5, 0.6) is 0 Å². The Hall–Kier alpha value is -3.84. The average molecular weight is 484 g/mol. The van der Waals surface area contributed by atoms with Gasteiger partial charge in [-0.15, -0.1) is 0 Å². The van der Waals surface area contributed by atoms with E-state index in [-0.39, 0.29) is 5.41 Å². The molecule has 0 N–H and O–H groups in total. The molecule has 0 saturated heterocycles. The van der Waals surface area contributed by atoms with Gasteiger partial charge in [0.2, 0.25) is 0 Å². The van der Waals surface area contributed by atoms with Crippen LogP contribution in [0.4, 0.5) is 11.4 Å². The van der Waals surface area contributed by atoms with Gasteiger partial charge in [-0.25, -0.2) is 0 Å². The van der Waals surface area contributed by atoms with Gasteiger partial charge in [-0.3, -0.25) is 0 Å². The number of rotatable bonds is 9. The Morgan fingerprint density at radius 3 is 1.49 bits per heavy atom. The lowest BCUT2D eigenvalue weighted by molar-refractivity contribution is 0.545. The summed E-state index contributed by atoms with van der Waals surface area (Å²) in [5.74, 6) is 0.711. The summed E-state index contributed by atoms with van der Waals surface area (Å²) in [6, 6.07) is 39.1. The van der Waals surface area contributed by atoms with Gasteiger partial charge >= 0.3 is 0 Å². The predicted octanol–water partition coefficient (Wildman–Crippen LogP) is 10.4. The standard InChI is InChI=1S/C36H37N/c1-5-33(25-27(3)36(6-2)26-28(36)4)37(34-21-17-31(18-22-34)29-13-9-7-10-14-29)35-23-19-32(20-24-35)30-15-11-8-12-16-30/h7-25,28H,3,5-6,26H2,1-2,4H3/b33-25+/t28-,36?/m1/s1. The molecule has 0 radical (unpaired) electrons. The van der Waals surface area contributed by atoms with Crippen molar-refractivity contribution in [2.75, 3.05) is 4.90 Å². The maximum absolute atomic E-state index is 4.57. The molecule has 0 aromatic heterocycles. The average Bonchev–Trinajstić information content (AvgIpc) is 3.65. The lowest BCUT2D eigenvalue weighted by Crippen LogP contribution is -2.17. The van der Waals surface area contributed by atoms with E-state index < -0.39 is 0 Å². The van der Waals surface area contributed by atoms with Gasteiger partial charge in [0.05, 0.1) is 0 Å². The summed E-state index contributed by atoms with van der Waals surface area (Å²) in [5.41, 5.74) is 10.1. The third-order valence-electron chi connectivity index (χ3n) is 8.18. The maximum atomic E-state index is 4.57. The lowest BCUT2D eigenvalue weighted by atomic mass is 9.90. The highest BCUT2D eigenvalue weighted by atomic mass is 15.1. The van der Waals surface area contributed by atoms with Gasteiger partial charge in [-0.1, -0.05) is 112 Å². The Morgan fingerprint density at radius 1 is 0.730 bits per heavy atom. The number of nitrogens with zero attached hydrogens (tertiary/aromatic N) is 1. The van der Waals surface area contributed by atoms with E-state index >= 15 is 0 Å². The Kier molecular flexibility index (Phi) is 7.15. The summed E-state index contributed by atoms with van der Waals surface area (Å²) in [6.45, 7) is 11.5. The van der Waals surface area contributed by atoms with Gasteiger partial charge in [0.25, 0.3) is 0 Å². The van der Waals surface area contributed by atoms with Crippen molar-refractivity contribution < 1.29 is 0 Å². The first-order valence-electron chi connectivity index (χ1n) is 13.6. The highest BCUT2D eigenvalue weighted by Crippen LogP contribution is 2.60. The number of allylic oxidation sites excluding steroid dienone is 3. The predicted molar refractivity (Wildman–Crippen MR) is 160 cm³/mol. The molecule has 0 bridgehead atoms. The Bertz CT molecular complexity index is 1280. The molecule has 1 aliphatic rings. The van der Waals surface area contributed by atoms with E-state index in [0.717, 1.165) is 12.8 Å². The zero-order valence-electron chi connectivity index (χ0n) is 22.3. The van der Waals surface area contributed by atoms with Gasteiger partial charge in [-0.2, -0.15) is 0 Å². The zero-order chi connectivity index (χ0) is 25.8. The molecule has 1 unspecified atom stereocenters. The molecule has 2 atom stereocenters. The second-order valence-electron chi connectivity index (χ2n) is 10.3. The first kappa shape index (κ1) is 24.8. The van der Waals surface area contributed by atoms with Crippen LogP contribution in [0.15, 0.2) is 133 Å². The summed E-state index contributed by atoms with van der Waals surface area (Å²) in [4.78, 5) is 2.41. The van der Waals surface area contributed by atoms with E-state index in [0.29, 0.717) is 5.92 Å². The summed E-state index contributed by atoms with van der Waals surface area (Å²) < 4.78 is 0.